The molecule has 0 aromatic carbocycles. The highest BCUT2D eigenvalue weighted by molar-refractivity contribution is 6.30. The number of hydrogen-bond donors (Lipinski definition) is 2. The van der Waals surface area contributed by atoms with Gasteiger partial charge in [-0.25, -0.2) is 4.98 Å². The number of aromatic amines is 1. The number of hydrogen-bond acceptors (Lipinski definition) is 4. The summed E-state index contributed by atoms with van der Waals surface area (Å²) in [5, 5.41) is 3.97. The lowest BCUT2D eigenvalue weighted by Gasteiger charge is -2.05. The van der Waals surface area contributed by atoms with E-state index < -0.39 is 0 Å². The molecule has 0 atom stereocenters. The van der Waals surface area contributed by atoms with Gasteiger partial charge in [-0.15, -0.1) is 0 Å². The van der Waals surface area contributed by atoms with Crippen molar-refractivity contribution in [3.05, 3.63) is 16.7 Å². The van der Waals surface area contributed by atoms with E-state index in [0.717, 1.165) is 56.9 Å². The maximum absolute atomic E-state index is 6.12. The zero-order chi connectivity index (χ0) is 15.3. The molecule has 0 radical (unpaired) electrons. The average molecular weight is 318 g/mol. The van der Waals surface area contributed by atoms with Gasteiger partial charge in [0.2, 0.25) is 0 Å². The molecule has 0 bridgehead atoms. The van der Waals surface area contributed by atoms with E-state index in [1.165, 1.54) is 6.42 Å². The Kier molecular flexibility index (Phi) is 10.5. The molecule has 2 N–H and O–H groups in total. The third-order valence-corrected chi connectivity index (χ3v) is 3.48. The van der Waals surface area contributed by atoms with Crippen LogP contribution in [0.4, 0.5) is 0 Å². The Morgan fingerprint density at radius 1 is 1.19 bits per heavy atom. The predicted molar refractivity (Wildman–Crippen MR) is 85.8 cm³/mol. The molecule has 0 unspecified atom stereocenters. The first-order valence-corrected chi connectivity index (χ1v) is 8.16. The number of aryl methyl sites for hydroxylation is 1. The molecule has 0 spiro atoms. The SMILES string of the molecule is CCCCc1nc(Cl)c(CNCCCCOCCOC)[nH]1. The second kappa shape index (κ2) is 12.0. The molecular weight excluding hydrogens is 290 g/mol. The third-order valence-electron chi connectivity index (χ3n) is 3.17. The first-order valence-electron chi connectivity index (χ1n) is 7.78. The van der Waals surface area contributed by atoms with E-state index in [1.54, 1.807) is 7.11 Å². The number of H-pyrrole nitrogens is 1. The van der Waals surface area contributed by atoms with Crippen molar-refractivity contribution in [3.63, 3.8) is 0 Å². The summed E-state index contributed by atoms with van der Waals surface area (Å²) in [6.07, 6.45) is 5.41. The molecule has 0 aliphatic rings. The van der Waals surface area contributed by atoms with Crippen LogP contribution >= 0.6 is 11.6 Å². The summed E-state index contributed by atoms with van der Waals surface area (Å²) in [6, 6.07) is 0. The molecule has 0 amide bonds. The topological polar surface area (TPSA) is 59.2 Å². The van der Waals surface area contributed by atoms with Gasteiger partial charge in [0.1, 0.15) is 5.82 Å². The first kappa shape index (κ1) is 18.4. The second-order valence-corrected chi connectivity index (χ2v) is 5.40. The van der Waals surface area contributed by atoms with Gasteiger partial charge >= 0.3 is 0 Å². The number of halogens is 1. The minimum absolute atomic E-state index is 0.594. The predicted octanol–water partition coefficient (Wildman–Crippen LogP) is 2.94. The van der Waals surface area contributed by atoms with Crippen molar-refractivity contribution < 1.29 is 9.47 Å². The fourth-order valence-corrected chi connectivity index (χ4v) is 2.15. The molecule has 1 aromatic rings. The maximum Gasteiger partial charge on any atom is 0.151 e. The molecule has 5 nitrogen and oxygen atoms in total. The zero-order valence-electron chi connectivity index (χ0n) is 13.2. The summed E-state index contributed by atoms with van der Waals surface area (Å²) in [6.45, 7) is 5.99. The first-order chi connectivity index (χ1) is 10.3. The summed E-state index contributed by atoms with van der Waals surface area (Å²) >= 11 is 6.12. The van der Waals surface area contributed by atoms with Crippen LogP contribution in [0.5, 0.6) is 0 Å². The number of imidazole rings is 1. The Hall–Kier alpha value is -0.620. The summed E-state index contributed by atoms with van der Waals surface area (Å²) in [5.74, 6) is 0.991. The highest BCUT2D eigenvalue weighted by Crippen LogP contribution is 2.13. The number of unbranched alkanes of at least 4 members (excludes halogenated alkanes) is 2. The lowest BCUT2D eigenvalue weighted by atomic mass is 10.2. The normalized spacial score (nSPS) is 11.2. The molecule has 1 heterocycles. The van der Waals surface area contributed by atoms with E-state index in [9.17, 15) is 0 Å². The number of rotatable bonds is 13. The molecule has 122 valence electrons. The summed E-state index contributed by atoms with van der Waals surface area (Å²) in [7, 11) is 1.68. The van der Waals surface area contributed by atoms with Crippen LogP contribution < -0.4 is 5.32 Å². The number of aromatic nitrogens is 2. The van der Waals surface area contributed by atoms with Gasteiger partial charge in [-0.1, -0.05) is 24.9 Å². The molecule has 1 rings (SSSR count). The number of nitrogens with one attached hydrogen (secondary N) is 2. The van der Waals surface area contributed by atoms with Gasteiger partial charge in [0, 0.05) is 26.7 Å². The van der Waals surface area contributed by atoms with Crippen molar-refractivity contribution in [2.24, 2.45) is 0 Å². The Bertz CT molecular complexity index is 372. The van der Waals surface area contributed by atoms with E-state index in [2.05, 4.69) is 22.2 Å². The summed E-state index contributed by atoms with van der Waals surface area (Å²) in [4.78, 5) is 7.64. The fourth-order valence-electron chi connectivity index (χ4n) is 1.93. The Labute approximate surface area is 132 Å². The number of ether oxygens (including phenoxy) is 2. The van der Waals surface area contributed by atoms with Gasteiger partial charge < -0.3 is 19.8 Å². The van der Waals surface area contributed by atoms with Crippen molar-refractivity contribution in [3.8, 4) is 0 Å². The molecule has 0 aliphatic heterocycles. The van der Waals surface area contributed by atoms with Gasteiger partial charge in [-0.2, -0.15) is 0 Å². The van der Waals surface area contributed by atoms with Crippen LogP contribution in [-0.4, -0.2) is 43.4 Å². The Morgan fingerprint density at radius 2 is 2.05 bits per heavy atom. The zero-order valence-corrected chi connectivity index (χ0v) is 14.0. The average Bonchev–Trinajstić information content (AvgIpc) is 2.83. The van der Waals surface area contributed by atoms with Crippen LogP contribution in [0.2, 0.25) is 5.15 Å². The lowest BCUT2D eigenvalue weighted by Crippen LogP contribution is -2.16. The standard InChI is InChI=1S/C15H28ClN3O2/c1-3-4-7-14-18-13(15(16)19-14)12-17-8-5-6-9-21-11-10-20-2/h17H,3-12H2,1-2H3,(H,18,19). The summed E-state index contributed by atoms with van der Waals surface area (Å²) < 4.78 is 10.3. The van der Waals surface area contributed by atoms with E-state index in [0.29, 0.717) is 18.4 Å². The quantitative estimate of drug-likeness (QED) is 0.549. The highest BCUT2D eigenvalue weighted by atomic mass is 35.5. The van der Waals surface area contributed by atoms with Crippen molar-refractivity contribution in [1.29, 1.82) is 0 Å². The van der Waals surface area contributed by atoms with Crippen LogP contribution in [0.1, 0.15) is 44.1 Å². The van der Waals surface area contributed by atoms with Gasteiger partial charge in [0.05, 0.1) is 18.9 Å². The van der Waals surface area contributed by atoms with Crippen LogP contribution in [0.3, 0.4) is 0 Å². The maximum atomic E-state index is 6.12. The molecule has 6 heteroatoms. The van der Waals surface area contributed by atoms with E-state index >= 15 is 0 Å². The van der Waals surface area contributed by atoms with Gasteiger partial charge in [-0.3, -0.25) is 0 Å². The smallest absolute Gasteiger partial charge is 0.151 e. The minimum Gasteiger partial charge on any atom is -0.382 e. The fraction of sp³-hybridized carbons (Fsp3) is 0.800. The lowest BCUT2D eigenvalue weighted by molar-refractivity contribution is 0.0688. The molecule has 0 aliphatic carbocycles. The van der Waals surface area contributed by atoms with Crippen molar-refractivity contribution >= 4 is 11.6 Å². The third kappa shape index (κ3) is 8.41. The minimum atomic E-state index is 0.594. The molecule has 0 saturated carbocycles. The van der Waals surface area contributed by atoms with Crippen molar-refractivity contribution in [2.45, 2.75) is 45.6 Å². The second-order valence-electron chi connectivity index (χ2n) is 5.05. The van der Waals surface area contributed by atoms with Crippen molar-refractivity contribution in [1.82, 2.24) is 15.3 Å². The van der Waals surface area contributed by atoms with Crippen LogP contribution in [0.25, 0.3) is 0 Å². The Balaban J connectivity index is 2.05. The Morgan fingerprint density at radius 3 is 2.81 bits per heavy atom. The monoisotopic (exact) mass is 317 g/mol. The van der Waals surface area contributed by atoms with Gasteiger partial charge in [-0.05, 0) is 25.8 Å². The largest absolute Gasteiger partial charge is 0.382 e. The number of methoxy groups -OCH3 is 1. The number of nitrogens with zero attached hydrogens (tertiary/aromatic N) is 1. The van der Waals surface area contributed by atoms with E-state index in [-0.39, 0.29) is 0 Å². The summed E-state index contributed by atoms with van der Waals surface area (Å²) in [5.41, 5.74) is 0.985. The highest BCUT2D eigenvalue weighted by Gasteiger charge is 2.07. The van der Waals surface area contributed by atoms with Crippen LogP contribution in [-0.2, 0) is 22.4 Å². The molecule has 1 aromatic heterocycles. The van der Waals surface area contributed by atoms with Crippen LogP contribution in [0, 0.1) is 0 Å². The molecule has 0 saturated heterocycles. The van der Waals surface area contributed by atoms with Gasteiger partial charge in [0.15, 0.2) is 5.15 Å². The molecule has 21 heavy (non-hydrogen) atoms. The molecular formula is C15H28ClN3O2. The van der Waals surface area contributed by atoms with E-state index in [1.807, 2.05) is 0 Å². The van der Waals surface area contributed by atoms with E-state index in [4.69, 9.17) is 21.1 Å². The van der Waals surface area contributed by atoms with Crippen LogP contribution in [0.15, 0.2) is 0 Å². The van der Waals surface area contributed by atoms with Crippen molar-refractivity contribution in [2.75, 3.05) is 33.5 Å². The molecule has 0 fully saturated rings. The van der Waals surface area contributed by atoms with Gasteiger partial charge in [0.25, 0.3) is 0 Å².